The van der Waals surface area contributed by atoms with E-state index in [9.17, 15) is 29.4 Å². The van der Waals surface area contributed by atoms with E-state index in [1.165, 1.54) is 0 Å². The molecule has 0 bridgehead atoms. The molecule has 8 N–H and O–H groups in total. The van der Waals surface area contributed by atoms with Crippen LogP contribution in [0.4, 0.5) is 0 Å². The Morgan fingerprint density at radius 1 is 0.517 bits per heavy atom. The van der Waals surface area contributed by atoms with Crippen molar-refractivity contribution < 1.29 is 39.6 Å². The summed E-state index contributed by atoms with van der Waals surface area (Å²) < 4.78 is 0. The van der Waals surface area contributed by atoms with Gasteiger partial charge in [0, 0.05) is 12.8 Å². The van der Waals surface area contributed by atoms with Crippen LogP contribution in [-0.4, -0.2) is 55.4 Å². The van der Waals surface area contributed by atoms with Crippen molar-refractivity contribution in [1.82, 2.24) is 0 Å². The fraction of sp³-hybridized carbons (Fsp3) is 0.789. The van der Waals surface area contributed by atoms with E-state index in [-0.39, 0.29) is 38.5 Å². The molecule has 0 amide bonds. The lowest BCUT2D eigenvalue weighted by Gasteiger charge is -2.24. The van der Waals surface area contributed by atoms with E-state index in [4.69, 9.17) is 21.7 Å². The minimum atomic E-state index is -1.52. The summed E-state index contributed by atoms with van der Waals surface area (Å²) in [6.45, 7) is 0. The average molecular weight is 418 g/mol. The fourth-order valence-corrected chi connectivity index (χ4v) is 3.10. The quantitative estimate of drug-likeness (QED) is 0.178. The number of carbonyl (C=O) groups is 4. The summed E-state index contributed by atoms with van der Waals surface area (Å²) >= 11 is 0. The standard InChI is InChI=1S/C19H34N2O8/c20-18(16(26)27,12-8-14(22)23)10-6-4-2-1-3-5-7-11-19(21,17(28)29)13-9-15(24)25/h1-13,20-21H2,(H,22,23)(H,24,25)(H,26,27)(H,28,29). The topological polar surface area (TPSA) is 201 Å². The number of rotatable bonds is 18. The maximum atomic E-state index is 11.3. The summed E-state index contributed by atoms with van der Waals surface area (Å²) in [6, 6.07) is 0. The van der Waals surface area contributed by atoms with Crippen molar-refractivity contribution >= 4 is 23.9 Å². The summed E-state index contributed by atoms with van der Waals surface area (Å²) in [7, 11) is 0. The summed E-state index contributed by atoms with van der Waals surface area (Å²) in [5, 5.41) is 35.8. The number of hydrogen-bond acceptors (Lipinski definition) is 6. The lowest BCUT2D eigenvalue weighted by molar-refractivity contribution is -0.146. The van der Waals surface area contributed by atoms with Gasteiger partial charge in [-0.15, -0.1) is 0 Å². The van der Waals surface area contributed by atoms with Gasteiger partial charge < -0.3 is 31.9 Å². The molecular formula is C19H34N2O8. The first-order valence-electron chi connectivity index (χ1n) is 9.91. The number of aliphatic carboxylic acids is 4. The molecule has 0 saturated heterocycles. The predicted octanol–water partition coefficient (Wildman–Crippen LogP) is 1.79. The molecule has 0 aliphatic rings. The lowest BCUT2D eigenvalue weighted by atomic mass is 9.87. The number of carboxylic acid groups (broad SMARTS) is 4. The molecule has 2 unspecified atom stereocenters. The smallest absolute Gasteiger partial charge is 0.323 e. The van der Waals surface area contributed by atoms with Gasteiger partial charge in [0.15, 0.2) is 0 Å². The Hall–Kier alpha value is -2.20. The maximum Gasteiger partial charge on any atom is 0.323 e. The van der Waals surface area contributed by atoms with Crippen molar-refractivity contribution in [3.8, 4) is 0 Å². The molecule has 0 aromatic carbocycles. The third-order valence-electron chi connectivity index (χ3n) is 5.17. The Morgan fingerprint density at radius 2 is 0.793 bits per heavy atom. The van der Waals surface area contributed by atoms with Crippen molar-refractivity contribution in [2.75, 3.05) is 0 Å². The van der Waals surface area contributed by atoms with Crippen LogP contribution in [0.5, 0.6) is 0 Å². The van der Waals surface area contributed by atoms with Crippen LogP contribution in [0, 0.1) is 0 Å². The molecule has 2 atom stereocenters. The molecule has 168 valence electrons. The molecule has 0 aliphatic heterocycles. The van der Waals surface area contributed by atoms with E-state index < -0.39 is 35.0 Å². The Labute approximate surface area is 170 Å². The molecule has 0 aliphatic carbocycles. The normalized spacial score (nSPS) is 15.2. The van der Waals surface area contributed by atoms with Gasteiger partial charge in [-0.3, -0.25) is 19.2 Å². The molecule has 0 saturated carbocycles. The van der Waals surface area contributed by atoms with Gasteiger partial charge in [0.25, 0.3) is 0 Å². The Kier molecular flexibility index (Phi) is 12.1. The first-order chi connectivity index (χ1) is 13.4. The number of carboxylic acids is 4. The second-order valence-corrected chi connectivity index (χ2v) is 7.68. The summed E-state index contributed by atoms with van der Waals surface area (Å²) in [5.41, 5.74) is 8.60. The Morgan fingerprint density at radius 3 is 1.03 bits per heavy atom. The number of nitrogens with two attached hydrogens (primary N) is 2. The van der Waals surface area contributed by atoms with Gasteiger partial charge in [0.05, 0.1) is 0 Å². The molecule has 10 nitrogen and oxygen atoms in total. The zero-order valence-electron chi connectivity index (χ0n) is 16.8. The summed E-state index contributed by atoms with van der Waals surface area (Å²) in [6.07, 6.45) is 4.98. The lowest BCUT2D eigenvalue weighted by Crippen LogP contribution is -2.48. The molecular weight excluding hydrogens is 384 g/mol. The van der Waals surface area contributed by atoms with E-state index in [1.807, 2.05) is 0 Å². The molecule has 29 heavy (non-hydrogen) atoms. The van der Waals surface area contributed by atoms with E-state index in [2.05, 4.69) is 0 Å². The highest BCUT2D eigenvalue weighted by Gasteiger charge is 2.34. The highest BCUT2D eigenvalue weighted by molar-refractivity contribution is 5.80. The van der Waals surface area contributed by atoms with Gasteiger partial charge in [0.1, 0.15) is 11.1 Å². The van der Waals surface area contributed by atoms with Gasteiger partial charge >= 0.3 is 23.9 Å². The predicted molar refractivity (Wildman–Crippen MR) is 104 cm³/mol. The summed E-state index contributed by atoms with van der Waals surface area (Å²) in [4.78, 5) is 43.8. The molecule has 0 heterocycles. The molecule has 0 rings (SSSR count). The van der Waals surface area contributed by atoms with Crippen LogP contribution in [0.3, 0.4) is 0 Å². The van der Waals surface area contributed by atoms with E-state index >= 15 is 0 Å². The number of unbranched alkanes of at least 4 members (excludes halogenated alkanes) is 6. The van der Waals surface area contributed by atoms with Crippen LogP contribution >= 0.6 is 0 Å². The van der Waals surface area contributed by atoms with Gasteiger partial charge in [-0.1, -0.05) is 44.9 Å². The molecule has 0 spiro atoms. The van der Waals surface area contributed by atoms with E-state index in [0.717, 1.165) is 32.1 Å². The molecule has 0 fully saturated rings. The van der Waals surface area contributed by atoms with Crippen LogP contribution in [0.1, 0.15) is 83.5 Å². The first-order valence-corrected chi connectivity index (χ1v) is 9.91. The first kappa shape index (κ1) is 26.8. The highest BCUT2D eigenvalue weighted by Crippen LogP contribution is 2.22. The van der Waals surface area contributed by atoms with Crippen molar-refractivity contribution in [2.24, 2.45) is 11.5 Å². The molecule has 0 aromatic heterocycles. The van der Waals surface area contributed by atoms with Crippen LogP contribution in [0.2, 0.25) is 0 Å². The Balaban J connectivity index is 4.01. The van der Waals surface area contributed by atoms with Crippen molar-refractivity contribution in [3.63, 3.8) is 0 Å². The van der Waals surface area contributed by atoms with E-state index in [1.54, 1.807) is 0 Å². The minimum absolute atomic E-state index is 0.107. The second-order valence-electron chi connectivity index (χ2n) is 7.68. The van der Waals surface area contributed by atoms with Crippen LogP contribution in [0.15, 0.2) is 0 Å². The molecule has 0 aromatic rings. The van der Waals surface area contributed by atoms with Crippen LogP contribution in [-0.2, 0) is 19.2 Å². The zero-order chi connectivity index (χ0) is 22.5. The van der Waals surface area contributed by atoms with E-state index in [0.29, 0.717) is 12.8 Å². The fourth-order valence-electron chi connectivity index (χ4n) is 3.10. The van der Waals surface area contributed by atoms with Crippen molar-refractivity contribution in [3.05, 3.63) is 0 Å². The monoisotopic (exact) mass is 418 g/mol. The van der Waals surface area contributed by atoms with Gasteiger partial charge in [-0.25, -0.2) is 0 Å². The van der Waals surface area contributed by atoms with Crippen LogP contribution < -0.4 is 11.5 Å². The van der Waals surface area contributed by atoms with Gasteiger partial charge in [0.2, 0.25) is 0 Å². The van der Waals surface area contributed by atoms with Crippen LogP contribution in [0.25, 0.3) is 0 Å². The highest BCUT2D eigenvalue weighted by atomic mass is 16.4. The second kappa shape index (κ2) is 13.1. The minimum Gasteiger partial charge on any atom is -0.481 e. The SMILES string of the molecule is NC(CCCCCCCCCC(N)(CCC(=O)O)C(=O)O)(CCC(=O)O)C(=O)O. The molecule has 10 heteroatoms. The Bertz CT molecular complexity index is 520. The summed E-state index contributed by atoms with van der Waals surface area (Å²) in [5.74, 6) is -4.53. The third-order valence-corrected chi connectivity index (χ3v) is 5.17. The molecule has 0 radical (unpaired) electrons. The largest absolute Gasteiger partial charge is 0.481 e. The van der Waals surface area contributed by atoms with Gasteiger partial charge in [-0.2, -0.15) is 0 Å². The maximum absolute atomic E-state index is 11.3. The van der Waals surface area contributed by atoms with Crippen molar-refractivity contribution in [1.29, 1.82) is 0 Å². The zero-order valence-corrected chi connectivity index (χ0v) is 16.8. The third kappa shape index (κ3) is 11.4. The average Bonchev–Trinajstić information content (AvgIpc) is 2.63. The van der Waals surface area contributed by atoms with Crippen molar-refractivity contribution in [2.45, 2.75) is 94.5 Å². The number of hydrogen-bond donors (Lipinski definition) is 6. The van der Waals surface area contributed by atoms with Gasteiger partial charge in [-0.05, 0) is 25.7 Å².